The Balaban J connectivity index is 1.95. The lowest BCUT2D eigenvalue weighted by molar-refractivity contribution is -0.0777. The highest BCUT2D eigenvalue weighted by molar-refractivity contribution is 7.80. The number of aliphatic hydroxyl groups is 1. The van der Waals surface area contributed by atoms with Gasteiger partial charge in [-0.3, -0.25) is 4.90 Å². The van der Waals surface area contributed by atoms with Crippen LogP contribution in [0.15, 0.2) is 24.3 Å². The van der Waals surface area contributed by atoms with Gasteiger partial charge in [-0.1, -0.05) is 30.4 Å². The Morgan fingerprint density at radius 3 is 2.80 bits per heavy atom. The number of benzene rings is 1. The van der Waals surface area contributed by atoms with E-state index in [4.69, 9.17) is 22.7 Å². The van der Waals surface area contributed by atoms with E-state index in [0.717, 1.165) is 17.7 Å². The van der Waals surface area contributed by atoms with Crippen LogP contribution in [0.2, 0.25) is 0 Å². The predicted molar refractivity (Wildman–Crippen MR) is 83.7 cm³/mol. The summed E-state index contributed by atoms with van der Waals surface area (Å²) in [5.41, 5.74) is 7.05. The standard InChI is InChI=1S/C15H22N2O2S/c1-17(11-15(18)5-7-19-8-6-15)10-12-3-2-4-13(9-12)14(16)20/h2-4,9,18H,5-8,10-11H2,1H3,(H2,16,20). The first-order valence-electron chi connectivity index (χ1n) is 6.86. The Labute approximate surface area is 125 Å². The monoisotopic (exact) mass is 294 g/mol. The predicted octanol–water partition coefficient (Wildman–Crippen LogP) is 1.29. The molecule has 110 valence electrons. The maximum atomic E-state index is 10.5. The van der Waals surface area contributed by atoms with Gasteiger partial charge in [-0.25, -0.2) is 0 Å². The average molecular weight is 294 g/mol. The van der Waals surface area contributed by atoms with Crippen molar-refractivity contribution in [1.82, 2.24) is 4.90 Å². The van der Waals surface area contributed by atoms with Crippen LogP contribution in [0.4, 0.5) is 0 Å². The third-order valence-corrected chi connectivity index (χ3v) is 3.89. The molecule has 1 fully saturated rings. The largest absolute Gasteiger partial charge is 0.389 e. The van der Waals surface area contributed by atoms with Gasteiger partial charge in [0.2, 0.25) is 0 Å². The van der Waals surface area contributed by atoms with Crippen molar-refractivity contribution in [3.63, 3.8) is 0 Å². The molecule has 5 heteroatoms. The second-order valence-electron chi connectivity index (χ2n) is 5.57. The summed E-state index contributed by atoms with van der Waals surface area (Å²) >= 11 is 4.99. The van der Waals surface area contributed by atoms with E-state index in [0.29, 0.717) is 37.6 Å². The fraction of sp³-hybridized carbons (Fsp3) is 0.533. The van der Waals surface area contributed by atoms with E-state index in [9.17, 15) is 5.11 Å². The molecule has 1 aromatic carbocycles. The summed E-state index contributed by atoms with van der Waals surface area (Å²) < 4.78 is 5.30. The molecule has 4 nitrogen and oxygen atoms in total. The molecule has 0 unspecified atom stereocenters. The summed E-state index contributed by atoms with van der Waals surface area (Å²) in [4.78, 5) is 2.54. The number of thiocarbonyl (C=S) groups is 1. The molecule has 1 saturated heterocycles. The van der Waals surface area contributed by atoms with Crippen LogP contribution in [0.3, 0.4) is 0 Å². The van der Waals surface area contributed by atoms with E-state index in [1.54, 1.807) is 0 Å². The highest BCUT2D eigenvalue weighted by Gasteiger charge is 2.30. The lowest BCUT2D eigenvalue weighted by Crippen LogP contribution is -2.45. The summed E-state index contributed by atoms with van der Waals surface area (Å²) in [5.74, 6) is 0. The molecule has 0 atom stereocenters. The van der Waals surface area contributed by atoms with Crippen LogP contribution < -0.4 is 5.73 Å². The molecule has 0 aliphatic carbocycles. The van der Waals surface area contributed by atoms with E-state index in [2.05, 4.69) is 4.90 Å². The number of nitrogens with two attached hydrogens (primary N) is 1. The quantitative estimate of drug-likeness (QED) is 0.802. The summed E-state index contributed by atoms with van der Waals surface area (Å²) in [6.45, 7) is 2.69. The maximum absolute atomic E-state index is 10.5. The normalized spacial score (nSPS) is 18.1. The summed E-state index contributed by atoms with van der Waals surface area (Å²) in [7, 11) is 2.01. The third-order valence-electron chi connectivity index (χ3n) is 3.65. The SMILES string of the molecule is CN(Cc1cccc(C(N)=S)c1)CC1(O)CCOCC1. The first-order chi connectivity index (χ1) is 9.48. The van der Waals surface area contributed by atoms with Crippen LogP contribution >= 0.6 is 12.2 Å². The fourth-order valence-corrected chi connectivity index (χ4v) is 2.73. The van der Waals surface area contributed by atoms with Crippen LogP contribution in [0.1, 0.15) is 24.0 Å². The van der Waals surface area contributed by atoms with Crippen molar-refractivity contribution in [1.29, 1.82) is 0 Å². The lowest BCUT2D eigenvalue weighted by Gasteiger charge is -2.35. The Hall–Kier alpha value is -1.01. The van der Waals surface area contributed by atoms with Gasteiger partial charge in [0.25, 0.3) is 0 Å². The van der Waals surface area contributed by atoms with Crippen molar-refractivity contribution in [2.75, 3.05) is 26.8 Å². The topological polar surface area (TPSA) is 58.7 Å². The number of ether oxygens (including phenoxy) is 1. The zero-order valence-electron chi connectivity index (χ0n) is 11.8. The van der Waals surface area contributed by atoms with E-state index in [-0.39, 0.29) is 0 Å². The number of likely N-dealkylation sites (N-methyl/N-ethyl adjacent to an activating group) is 1. The van der Waals surface area contributed by atoms with Crippen molar-refractivity contribution >= 4 is 17.2 Å². The highest BCUT2D eigenvalue weighted by atomic mass is 32.1. The number of hydrogen-bond donors (Lipinski definition) is 2. The summed E-state index contributed by atoms with van der Waals surface area (Å²) in [6.07, 6.45) is 1.40. The molecular weight excluding hydrogens is 272 g/mol. The Kier molecular flexibility index (Phi) is 5.10. The van der Waals surface area contributed by atoms with Crippen LogP contribution in [-0.4, -0.2) is 47.4 Å². The number of hydrogen-bond acceptors (Lipinski definition) is 4. The molecule has 20 heavy (non-hydrogen) atoms. The minimum Gasteiger partial charge on any atom is -0.389 e. The minimum atomic E-state index is -0.631. The van der Waals surface area contributed by atoms with Crippen molar-refractivity contribution in [3.8, 4) is 0 Å². The fourth-order valence-electron chi connectivity index (χ4n) is 2.60. The van der Waals surface area contributed by atoms with Crippen LogP contribution in [-0.2, 0) is 11.3 Å². The first-order valence-corrected chi connectivity index (χ1v) is 7.27. The van der Waals surface area contributed by atoms with Gasteiger partial charge >= 0.3 is 0 Å². The molecular formula is C15H22N2O2S. The third kappa shape index (κ3) is 4.24. The van der Waals surface area contributed by atoms with E-state index in [1.807, 2.05) is 31.3 Å². The molecule has 1 aliphatic rings. The molecule has 1 aliphatic heterocycles. The van der Waals surface area contributed by atoms with Gasteiger partial charge in [0.1, 0.15) is 4.99 Å². The second-order valence-corrected chi connectivity index (χ2v) is 6.01. The molecule has 1 aromatic rings. The van der Waals surface area contributed by atoms with Gasteiger partial charge in [0.15, 0.2) is 0 Å². The smallest absolute Gasteiger partial charge is 0.103 e. The molecule has 0 saturated carbocycles. The molecule has 1 heterocycles. The minimum absolute atomic E-state index is 0.414. The Morgan fingerprint density at radius 2 is 2.15 bits per heavy atom. The molecule has 2 rings (SSSR count). The molecule has 0 amide bonds. The molecule has 0 radical (unpaired) electrons. The number of rotatable bonds is 5. The van der Waals surface area contributed by atoms with Crippen LogP contribution in [0.25, 0.3) is 0 Å². The maximum Gasteiger partial charge on any atom is 0.103 e. The van der Waals surface area contributed by atoms with Crippen molar-refractivity contribution < 1.29 is 9.84 Å². The van der Waals surface area contributed by atoms with Gasteiger partial charge in [0.05, 0.1) is 5.60 Å². The Morgan fingerprint density at radius 1 is 1.45 bits per heavy atom. The first kappa shape index (κ1) is 15.4. The average Bonchev–Trinajstić information content (AvgIpc) is 2.39. The summed E-state index contributed by atoms with van der Waals surface area (Å²) in [6, 6.07) is 7.93. The van der Waals surface area contributed by atoms with Gasteiger partial charge in [-0.2, -0.15) is 0 Å². The zero-order chi connectivity index (χ0) is 14.6. The Bertz CT molecular complexity index is 473. The summed E-state index contributed by atoms with van der Waals surface area (Å²) in [5, 5.41) is 10.5. The molecule has 0 spiro atoms. The molecule has 0 bridgehead atoms. The molecule has 3 N–H and O–H groups in total. The van der Waals surface area contributed by atoms with Gasteiger partial charge < -0.3 is 15.6 Å². The second kappa shape index (κ2) is 6.63. The van der Waals surface area contributed by atoms with E-state index < -0.39 is 5.60 Å². The van der Waals surface area contributed by atoms with Crippen molar-refractivity contribution in [2.24, 2.45) is 5.73 Å². The van der Waals surface area contributed by atoms with Crippen LogP contribution in [0.5, 0.6) is 0 Å². The van der Waals surface area contributed by atoms with Crippen molar-refractivity contribution in [3.05, 3.63) is 35.4 Å². The van der Waals surface area contributed by atoms with E-state index in [1.165, 1.54) is 0 Å². The van der Waals surface area contributed by atoms with Gasteiger partial charge in [0, 0.05) is 44.7 Å². The highest BCUT2D eigenvalue weighted by Crippen LogP contribution is 2.22. The molecule has 0 aromatic heterocycles. The number of nitrogens with zero attached hydrogens (tertiary/aromatic N) is 1. The van der Waals surface area contributed by atoms with Crippen LogP contribution in [0, 0.1) is 0 Å². The van der Waals surface area contributed by atoms with E-state index >= 15 is 0 Å². The van der Waals surface area contributed by atoms with Gasteiger partial charge in [-0.05, 0) is 18.7 Å². The lowest BCUT2D eigenvalue weighted by atomic mass is 9.94. The van der Waals surface area contributed by atoms with Gasteiger partial charge in [-0.15, -0.1) is 0 Å². The zero-order valence-corrected chi connectivity index (χ0v) is 12.7. The van der Waals surface area contributed by atoms with Crippen molar-refractivity contribution in [2.45, 2.75) is 25.0 Å².